The summed E-state index contributed by atoms with van der Waals surface area (Å²) >= 11 is 0. The van der Waals surface area contributed by atoms with E-state index >= 15 is 0 Å². The largest absolute Gasteiger partial charge is 0.368 e. The molecule has 1 saturated heterocycles. The molecule has 0 unspecified atom stereocenters. The molecule has 1 fully saturated rings. The number of aryl methyl sites for hydroxylation is 1. The van der Waals surface area contributed by atoms with Crippen LogP contribution in [-0.2, 0) is 0 Å². The van der Waals surface area contributed by atoms with Crippen LogP contribution < -0.4 is 10.2 Å². The highest BCUT2D eigenvalue weighted by molar-refractivity contribution is 5.89. The summed E-state index contributed by atoms with van der Waals surface area (Å²) in [5.74, 6) is 0.500. The van der Waals surface area contributed by atoms with Gasteiger partial charge in [-0.1, -0.05) is 43.7 Å². The fourth-order valence-electron chi connectivity index (χ4n) is 3.08. The molecule has 1 aliphatic rings. The van der Waals surface area contributed by atoms with Crippen molar-refractivity contribution in [2.45, 2.75) is 26.7 Å². The van der Waals surface area contributed by atoms with Crippen LogP contribution in [0.4, 0.5) is 16.2 Å². The highest BCUT2D eigenvalue weighted by atomic mass is 16.2. The molecule has 0 aliphatic carbocycles. The Hall–Kier alpha value is -2.49. The Bertz CT molecular complexity index is 699. The van der Waals surface area contributed by atoms with E-state index < -0.39 is 0 Å². The van der Waals surface area contributed by atoms with Crippen molar-refractivity contribution in [2.75, 3.05) is 36.4 Å². The van der Waals surface area contributed by atoms with E-state index in [1.165, 1.54) is 16.8 Å². The summed E-state index contributed by atoms with van der Waals surface area (Å²) in [5.41, 5.74) is 4.64. The Kier molecular flexibility index (Phi) is 5.27. The second-order valence-electron chi connectivity index (χ2n) is 7.02. The van der Waals surface area contributed by atoms with Crippen molar-refractivity contribution in [2.24, 2.45) is 0 Å². The van der Waals surface area contributed by atoms with Crippen molar-refractivity contribution in [3.8, 4) is 0 Å². The summed E-state index contributed by atoms with van der Waals surface area (Å²) in [6.07, 6.45) is 0. The van der Waals surface area contributed by atoms with Gasteiger partial charge in [-0.05, 0) is 42.7 Å². The number of urea groups is 1. The maximum absolute atomic E-state index is 12.5. The van der Waals surface area contributed by atoms with E-state index in [4.69, 9.17) is 0 Å². The van der Waals surface area contributed by atoms with Gasteiger partial charge < -0.3 is 15.1 Å². The maximum Gasteiger partial charge on any atom is 0.321 e. The lowest BCUT2D eigenvalue weighted by atomic mass is 10.0. The number of carbonyl (C=O) groups is 1. The number of hydrogen-bond donors (Lipinski definition) is 1. The van der Waals surface area contributed by atoms with Gasteiger partial charge in [-0.25, -0.2) is 4.79 Å². The molecule has 2 aromatic rings. The number of nitrogens with zero attached hydrogens (tertiary/aromatic N) is 2. The summed E-state index contributed by atoms with van der Waals surface area (Å²) in [5, 5.41) is 3.01. The lowest BCUT2D eigenvalue weighted by molar-refractivity contribution is 0.208. The number of benzene rings is 2. The van der Waals surface area contributed by atoms with Gasteiger partial charge in [0.1, 0.15) is 0 Å². The van der Waals surface area contributed by atoms with Crippen LogP contribution in [0.5, 0.6) is 0 Å². The van der Waals surface area contributed by atoms with Crippen LogP contribution in [0.1, 0.15) is 30.9 Å². The van der Waals surface area contributed by atoms with Crippen molar-refractivity contribution in [3.63, 3.8) is 0 Å². The van der Waals surface area contributed by atoms with Gasteiger partial charge >= 0.3 is 6.03 Å². The summed E-state index contributed by atoms with van der Waals surface area (Å²) in [6, 6.07) is 16.7. The van der Waals surface area contributed by atoms with Gasteiger partial charge in [0.05, 0.1) is 0 Å². The summed E-state index contributed by atoms with van der Waals surface area (Å²) in [7, 11) is 0. The number of carbonyl (C=O) groups excluding carboxylic acids is 1. The Morgan fingerprint density at radius 2 is 1.52 bits per heavy atom. The standard InChI is InChI=1S/C21H27N3O/c1-16(2)18-6-8-19(9-7-18)22-21(25)24-14-12-23(13-15-24)20-10-4-17(3)5-11-20/h4-11,16H,12-15H2,1-3H3,(H,22,25). The van der Waals surface area contributed by atoms with E-state index in [-0.39, 0.29) is 6.03 Å². The van der Waals surface area contributed by atoms with E-state index in [1.54, 1.807) is 0 Å². The minimum atomic E-state index is -0.0131. The van der Waals surface area contributed by atoms with E-state index in [9.17, 15) is 4.79 Å². The first-order valence-corrected chi connectivity index (χ1v) is 9.00. The van der Waals surface area contributed by atoms with Gasteiger partial charge in [0.2, 0.25) is 0 Å². The average Bonchev–Trinajstić information content (AvgIpc) is 2.63. The quantitative estimate of drug-likeness (QED) is 0.897. The van der Waals surface area contributed by atoms with Crippen molar-refractivity contribution < 1.29 is 4.79 Å². The van der Waals surface area contributed by atoms with Gasteiger partial charge in [-0.3, -0.25) is 0 Å². The van der Waals surface area contributed by atoms with Gasteiger partial charge in [-0.2, -0.15) is 0 Å². The molecule has 0 atom stereocenters. The van der Waals surface area contributed by atoms with Crippen LogP contribution in [0.3, 0.4) is 0 Å². The molecule has 25 heavy (non-hydrogen) atoms. The Balaban J connectivity index is 1.53. The molecule has 0 radical (unpaired) electrons. The predicted molar refractivity (Wildman–Crippen MR) is 105 cm³/mol. The van der Waals surface area contributed by atoms with E-state index in [0.717, 1.165) is 31.9 Å². The third-order valence-corrected chi connectivity index (χ3v) is 4.79. The number of amides is 2. The number of nitrogens with one attached hydrogen (secondary N) is 1. The third-order valence-electron chi connectivity index (χ3n) is 4.79. The molecule has 2 aromatic carbocycles. The van der Waals surface area contributed by atoms with Crippen LogP contribution in [0, 0.1) is 6.92 Å². The van der Waals surface area contributed by atoms with Crippen LogP contribution in [-0.4, -0.2) is 37.1 Å². The first kappa shape index (κ1) is 17.3. The number of piperazine rings is 1. The number of hydrogen-bond acceptors (Lipinski definition) is 2. The highest BCUT2D eigenvalue weighted by Gasteiger charge is 2.21. The molecule has 4 nitrogen and oxygen atoms in total. The molecule has 132 valence electrons. The first-order valence-electron chi connectivity index (χ1n) is 9.00. The zero-order valence-electron chi connectivity index (χ0n) is 15.3. The Morgan fingerprint density at radius 1 is 0.920 bits per heavy atom. The number of anilines is 2. The van der Waals surface area contributed by atoms with Crippen LogP contribution in [0.15, 0.2) is 48.5 Å². The molecule has 0 aromatic heterocycles. The molecule has 4 heteroatoms. The second kappa shape index (κ2) is 7.60. The normalized spacial score (nSPS) is 14.7. The minimum absolute atomic E-state index is 0.0131. The summed E-state index contributed by atoms with van der Waals surface area (Å²) < 4.78 is 0. The van der Waals surface area contributed by atoms with Crippen LogP contribution >= 0.6 is 0 Å². The Labute approximate surface area is 150 Å². The first-order chi connectivity index (χ1) is 12.0. The zero-order valence-corrected chi connectivity index (χ0v) is 15.3. The molecule has 1 aliphatic heterocycles. The Morgan fingerprint density at radius 3 is 2.08 bits per heavy atom. The van der Waals surface area contributed by atoms with Gasteiger partial charge in [-0.15, -0.1) is 0 Å². The van der Waals surface area contributed by atoms with Crippen LogP contribution in [0.25, 0.3) is 0 Å². The molecule has 0 saturated carbocycles. The molecular formula is C21H27N3O. The van der Waals surface area contributed by atoms with E-state index in [2.05, 4.69) is 67.4 Å². The van der Waals surface area contributed by atoms with Gasteiger partial charge in [0.15, 0.2) is 0 Å². The van der Waals surface area contributed by atoms with E-state index in [1.807, 2.05) is 17.0 Å². The van der Waals surface area contributed by atoms with Crippen molar-refractivity contribution in [1.82, 2.24) is 4.90 Å². The average molecular weight is 337 g/mol. The lowest BCUT2D eigenvalue weighted by Gasteiger charge is -2.36. The maximum atomic E-state index is 12.5. The predicted octanol–water partition coefficient (Wildman–Crippen LogP) is 4.47. The van der Waals surface area contributed by atoms with Crippen molar-refractivity contribution in [3.05, 3.63) is 59.7 Å². The monoisotopic (exact) mass is 337 g/mol. The summed E-state index contributed by atoms with van der Waals surface area (Å²) in [6.45, 7) is 9.64. The number of rotatable bonds is 3. The van der Waals surface area contributed by atoms with Crippen molar-refractivity contribution in [1.29, 1.82) is 0 Å². The van der Waals surface area contributed by atoms with Gasteiger partial charge in [0, 0.05) is 37.6 Å². The molecule has 0 spiro atoms. The molecular weight excluding hydrogens is 310 g/mol. The van der Waals surface area contributed by atoms with Gasteiger partial charge in [0.25, 0.3) is 0 Å². The fraction of sp³-hybridized carbons (Fsp3) is 0.381. The second-order valence-corrected chi connectivity index (χ2v) is 7.02. The lowest BCUT2D eigenvalue weighted by Crippen LogP contribution is -2.50. The molecule has 1 heterocycles. The molecule has 3 rings (SSSR count). The van der Waals surface area contributed by atoms with Crippen LogP contribution in [0.2, 0.25) is 0 Å². The smallest absolute Gasteiger partial charge is 0.321 e. The third kappa shape index (κ3) is 4.32. The van der Waals surface area contributed by atoms with E-state index in [0.29, 0.717) is 5.92 Å². The fourth-order valence-corrected chi connectivity index (χ4v) is 3.08. The highest BCUT2D eigenvalue weighted by Crippen LogP contribution is 2.19. The molecule has 2 amide bonds. The SMILES string of the molecule is Cc1ccc(N2CCN(C(=O)Nc3ccc(C(C)C)cc3)CC2)cc1. The molecule has 0 bridgehead atoms. The summed E-state index contributed by atoms with van der Waals surface area (Å²) in [4.78, 5) is 16.7. The van der Waals surface area contributed by atoms with Crippen molar-refractivity contribution >= 4 is 17.4 Å². The minimum Gasteiger partial charge on any atom is -0.368 e. The topological polar surface area (TPSA) is 35.6 Å². The molecule has 1 N–H and O–H groups in total. The zero-order chi connectivity index (χ0) is 17.8.